The van der Waals surface area contributed by atoms with Gasteiger partial charge in [-0.1, -0.05) is 12.1 Å². The number of nitrogens with zero attached hydrogens (tertiary/aromatic N) is 2. The molecule has 0 atom stereocenters. The van der Waals surface area contributed by atoms with Crippen LogP contribution in [0, 0.1) is 18.3 Å². The van der Waals surface area contributed by atoms with Gasteiger partial charge in [0.1, 0.15) is 28.7 Å². The molecule has 8 nitrogen and oxygen atoms in total. The van der Waals surface area contributed by atoms with Crippen molar-refractivity contribution >= 4 is 11.9 Å². The van der Waals surface area contributed by atoms with Crippen LogP contribution in [-0.2, 0) is 16.0 Å². The Morgan fingerprint density at radius 2 is 1.90 bits per heavy atom. The molecule has 2 aromatic heterocycles. The second-order valence-electron chi connectivity index (χ2n) is 6.44. The highest BCUT2D eigenvalue weighted by atomic mass is 16.5. The second-order valence-corrected chi connectivity index (χ2v) is 6.44. The number of nitrogens with one attached hydrogen (secondary N) is 1. The molecular formula is C22H21N3O5. The fourth-order valence-corrected chi connectivity index (χ4v) is 2.92. The molecule has 0 fully saturated rings. The van der Waals surface area contributed by atoms with Crippen molar-refractivity contribution in [3.63, 3.8) is 0 Å². The first-order chi connectivity index (χ1) is 14.5. The first kappa shape index (κ1) is 20.7. The van der Waals surface area contributed by atoms with Gasteiger partial charge in [-0.05, 0) is 43.2 Å². The molecule has 0 spiro atoms. The van der Waals surface area contributed by atoms with E-state index in [9.17, 15) is 14.9 Å². The van der Waals surface area contributed by atoms with Crippen molar-refractivity contribution in [1.29, 1.82) is 5.26 Å². The van der Waals surface area contributed by atoms with E-state index in [1.54, 1.807) is 43.1 Å². The van der Waals surface area contributed by atoms with E-state index in [-0.39, 0.29) is 22.8 Å². The highest BCUT2D eigenvalue weighted by molar-refractivity contribution is 5.95. The Kier molecular flexibility index (Phi) is 6.55. The Hall–Kier alpha value is -3.99. The van der Waals surface area contributed by atoms with Crippen LogP contribution in [0.25, 0.3) is 5.88 Å². The van der Waals surface area contributed by atoms with Crippen molar-refractivity contribution in [2.75, 3.05) is 20.3 Å². The molecule has 8 heteroatoms. The molecule has 1 N–H and O–H groups in total. The smallest absolute Gasteiger partial charge is 0.343 e. The number of carbonyl (C=O) groups is 2. The Morgan fingerprint density at radius 3 is 2.53 bits per heavy atom. The molecule has 0 aliphatic heterocycles. The van der Waals surface area contributed by atoms with Crippen molar-refractivity contribution < 1.29 is 23.5 Å². The number of ether oxygens (including phenoxy) is 2. The molecule has 0 unspecified atom stereocenters. The van der Waals surface area contributed by atoms with Crippen LogP contribution in [0.5, 0.6) is 5.75 Å². The molecule has 0 saturated heterocycles. The van der Waals surface area contributed by atoms with Gasteiger partial charge in [-0.15, -0.1) is 0 Å². The first-order valence-corrected chi connectivity index (χ1v) is 9.27. The Bertz CT molecular complexity index is 1060. The summed E-state index contributed by atoms with van der Waals surface area (Å²) in [6.45, 7) is 1.52. The molecule has 3 aromatic rings. The number of aryl methyl sites for hydroxylation is 1. The molecule has 0 saturated carbocycles. The van der Waals surface area contributed by atoms with Crippen LogP contribution in [0.15, 0.2) is 53.2 Å². The maximum atomic E-state index is 12.5. The van der Waals surface area contributed by atoms with Crippen molar-refractivity contribution in [2.24, 2.45) is 0 Å². The molecule has 30 heavy (non-hydrogen) atoms. The van der Waals surface area contributed by atoms with E-state index in [4.69, 9.17) is 13.9 Å². The molecule has 154 valence electrons. The topological polar surface area (TPSA) is 106 Å². The predicted molar refractivity (Wildman–Crippen MR) is 107 cm³/mol. The third kappa shape index (κ3) is 4.70. The monoisotopic (exact) mass is 407 g/mol. The average molecular weight is 407 g/mol. The van der Waals surface area contributed by atoms with Crippen molar-refractivity contribution in [3.05, 3.63) is 71.2 Å². The number of hydrogen-bond acceptors (Lipinski definition) is 6. The molecule has 1 amide bonds. The number of nitriles is 1. The van der Waals surface area contributed by atoms with E-state index >= 15 is 0 Å². The van der Waals surface area contributed by atoms with E-state index < -0.39 is 18.5 Å². The number of esters is 1. The molecule has 0 aliphatic rings. The summed E-state index contributed by atoms with van der Waals surface area (Å²) in [4.78, 5) is 24.5. The van der Waals surface area contributed by atoms with Crippen LogP contribution < -0.4 is 10.1 Å². The van der Waals surface area contributed by atoms with Gasteiger partial charge >= 0.3 is 5.97 Å². The van der Waals surface area contributed by atoms with Gasteiger partial charge in [0.05, 0.1) is 7.11 Å². The zero-order chi connectivity index (χ0) is 21.5. The summed E-state index contributed by atoms with van der Waals surface area (Å²) in [6, 6.07) is 13.0. The summed E-state index contributed by atoms with van der Waals surface area (Å²) >= 11 is 0. The molecule has 2 heterocycles. The number of methoxy groups -OCH3 is 1. The summed E-state index contributed by atoms with van der Waals surface area (Å²) < 4.78 is 17.4. The maximum Gasteiger partial charge on any atom is 0.343 e. The van der Waals surface area contributed by atoms with Gasteiger partial charge in [0, 0.05) is 18.9 Å². The minimum Gasteiger partial charge on any atom is -0.497 e. The van der Waals surface area contributed by atoms with E-state index in [2.05, 4.69) is 5.32 Å². The van der Waals surface area contributed by atoms with Crippen molar-refractivity contribution in [3.8, 4) is 17.7 Å². The quantitative estimate of drug-likeness (QED) is 0.576. The van der Waals surface area contributed by atoms with Crippen LogP contribution in [-0.4, -0.2) is 36.7 Å². The van der Waals surface area contributed by atoms with Crippen LogP contribution in [0.3, 0.4) is 0 Å². The van der Waals surface area contributed by atoms with Crippen LogP contribution in [0.4, 0.5) is 0 Å². The minimum absolute atomic E-state index is 0.0206. The third-order valence-electron chi connectivity index (χ3n) is 4.45. The van der Waals surface area contributed by atoms with Gasteiger partial charge in [-0.25, -0.2) is 4.79 Å². The van der Waals surface area contributed by atoms with E-state index in [1.807, 2.05) is 30.3 Å². The minimum atomic E-state index is -0.781. The fraction of sp³-hybridized carbons (Fsp3) is 0.227. The van der Waals surface area contributed by atoms with Gasteiger partial charge in [-0.3, -0.25) is 9.36 Å². The van der Waals surface area contributed by atoms with Crippen LogP contribution in [0.2, 0.25) is 0 Å². The maximum absolute atomic E-state index is 12.5. The molecule has 0 radical (unpaired) electrons. The second kappa shape index (κ2) is 9.47. The third-order valence-corrected chi connectivity index (χ3v) is 4.45. The summed E-state index contributed by atoms with van der Waals surface area (Å²) in [6.07, 6.45) is 4.03. The van der Waals surface area contributed by atoms with Gasteiger partial charge < -0.3 is 19.2 Å². The number of hydrogen-bond donors (Lipinski definition) is 1. The summed E-state index contributed by atoms with van der Waals surface area (Å²) in [5.74, 6) is 0.0376. The highest BCUT2D eigenvalue weighted by Gasteiger charge is 2.26. The number of rotatable bonds is 8. The van der Waals surface area contributed by atoms with Crippen molar-refractivity contribution in [1.82, 2.24) is 9.88 Å². The molecule has 0 bridgehead atoms. The lowest BCUT2D eigenvalue weighted by atomic mass is 10.1. The van der Waals surface area contributed by atoms with Crippen LogP contribution in [0.1, 0.15) is 27.2 Å². The number of furan rings is 1. The van der Waals surface area contributed by atoms with Gasteiger partial charge in [0.15, 0.2) is 6.61 Å². The lowest BCUT2D eigenvalue weighted by molar-refractivity contribution is -0.124. The summed E-state index contributed by atoms with van der Waals surface area (Å²) in [7, 11) is 1.60. The van der Waals surface area contributed by atoms with E-state index in [1.165, 1.54) is 0 Å². The highest BCUT2D eigenvalue weighted by Crippen LogP contribution is 2.26. The van der Waals surface area contributed by atoms with Crippen LogP contribution >= 0.6 is 0 Å². The molecular weight excluding hydrogens is 386 g/mol. The number of carbonyl (C=O) groups excluding carboxylic acids is 2. The van der Waals surface area contributed by atoms with E-state index in [0.29, 0.717) is 13.0 Å². The zero-order valence-electron chi connectivity index (χ0n) is 16.7. The SMILES string of the molecule is COc1ccc(CCNC(=O)COC(=O)c2c(C)oc(-n3cccc3)c2C#N)cc1. The number of benzene rings is 1. The lowest BCUT2D eigenvalue weighted by Gasteiger charge is -2.07. The summed E-state index contributed by atoms with van der Waals surface area (Å²) in [5.41, 5.74) is 1.12. The fourth-order valence-electron chi connectivity index (χ4n) is 2.92. The predicted octanol–water partition coefficient (Wildman–Crippen LogP) is 2.77. The van der Waals surface area contributed by atoms with Gasteiger partial charge in [0.2, 0.25) is 5.88 Å². The number of aromatic nitrogens is 1. The van der Waals surface area contributed by atoms with Gasteiger partial charge in [-0.2, -0.15) is 5.26 Å². The first-order valence-electron chi connectivity index (χ1n) is 9.27. The lowest BCUT2D eigenvalue weighted by Crippen LogP contribution is -2.30. The number of amides is 1. The normalized spacial score (nSPS) is 10.3. The Balaban J connectivity index is 1.54. The largest absolute Gasteiger partial charge is 0.497 e. The van der Waals surface area contributed by atoms with E-state index in [0.717, 1.165) is 11.3 Å². The standard InChI is InChI=1S/C22H21N3O5/c1-15-20(18(13-23)21(30-15)25-11-3-4-12-25)22(27)29-14-19(26)24-10-9-16-5-7-17(28-2)8-6-16/h3-8,11-12H,9-10,14H2,1-2H3,(H,24,26). The Morgan fingerprint density at radius 1 is 1.20 bits per heavy atom. The molecule has 3 rings (SSSR count). The molecule has 0 aliphatic carbocycles. The summed E-state index contributed by atoms with van der Waals surface area (Å²) in [5, 5.41) is 12.2. The van der Waals surface area contributed by atoms with Gasteiger partial charge in [0.25, 0.3) is 5.91 Å². The zero-order valence-corrected chi connectivity index (χ0v) is 16.7. The van der Waals surface area contributed by atoms with Crippen molar-refractivity contribution in [2.45, 2.75) is 13.3 Å². The average Bonchev–Trinajstić information content (AvgIpc) is 3.40. The Labute approximate surface area is 173 Å². The molecule has 1 aromatic carbocycles.